The van der Waals surface area contributed by atoms with E-state index in [1.807, 2.05) is 26.0 Å². The highest BCUT2D eigenvalue weighted by molar-refractivity contribution is 7.90. The van der Waals surface area contributed by atoms with Crippen molar-refractivity contribution in [3.8, 4) is 0 Å². The van der Waals surface area contributed by atoms with E-state index in [-0.39, 0.29) is 10.6 Å². The smallest absolute Gasteiger partial charge is 0.355 e. The number of aryl methyl sites for hydroxylation is 2. The number of methoxy groups -OCH3 is 1. The molecule has 0 saturated carbocycles. The minimum Gasteiger partial charge on any atom is -0.464 e. The molecule has 3 aromatic rings. The zero-order valence-electron chi connectivity index (χ0n) is 13.6. The van der Waals surface area contributed by atoms with E-state index in [9.17, 15) is 13.2 Å². The van der Waals surface area contributed by atoms with Crippen LogP contribution in [0.4, 0.5) is 0 Å². The van der Waals surface area contributed by atoms with Crippen molar-refractivity contribution in [3.63, 3.8) is 0 Å². The molecule has 5 nitrogen and oxygen atoms in total. The van der Waals surface area contributed by atoms with E-state index in [4.69, 9.17) is 4.74 Å². The average molecular weight is 343 g/mol. The van der Waals surface area contributed by atoms with E-state index in [0.717, 1.165) is 15.1 Å². The minimum absolute atomic E-state index is 0.0151. The van der Waals surface area contributed by atoms with Crippen molar-refractivity contribution in [1.82, 2.24) is 3.97 Å². The number of carbonyl (C=O) groups is 1. The van der Waals surface area contributed by atoms with Gasteiger partial charge in [-0.25, -0.2) is 17.2 Å². The summed E-state index contributed by atoms with van der Waals surface area (Å²) in [5, 5.41) is 0.672. The largest absolute Gasteiger partial charge is 0.464 e. The summed E-state index contributed by atoms with van der Waals surface area (Å²) in [7, 11) is -2.69. The molecule has 0 N–H and O–H groups in total. The third-order valence-electron chi connectivity index (χ3n) is 3.87. The van der Waals surface area contributed by atoms with Gasteiger partial charge in [0.25, 0.3) is 10.0 Å². The number of esters is 1. The van der Waals surface area contributed by atoms with Crippen LogP contribution < -0.4 is 0 Å². The van der Waals surface area contributed by atoms with Gasteiger partial charge in [0.1, 0.15) is 5.69 Å². The molecule has 6 heteroatoms. The highest BCUT2D eigenvalue weighted by atomic mass is 32.2. The number of carbonyl (C=O) groups excluding carboxylic acids is 1. The van der Waals surface area contributed by atoms with Crippen molar-refractivity contribution in [2.75, 3.05) is 7.11 Å². The maximum atomic E-state index is 13.1. The zero-order valence-corrected chi connectivity index (χ0v) is 14.4. The molecule has 0 bridgehead atoms. The Bertz CT molecular complexity index is 1030. The lowest BCUT2D eigenvalue weighted by molar-refractivity contribution is 0.0593. The topological polar surface area (TPSA) is 65.4 Å². The molecule has 0 aliphatic rings. The van der Waals surface area contributed by atoms with Gasteiger partial charge in [0, 0.05) is 5.39 Å². The molecule has 0 aliphatic carbocycles. The van der Waals surface area contributed by atoms with Crippen molar-refractivity contribution in [3.05, 3.63) is 65.4 Å². The molecule has 0 spiro atoms. The number of rotatable bonds is 3. The fourth-order valence-electron chi connectivity index (χ4n) is 2.63. The van der Waals surface area contributed by atoms with Crippen LogP contribution in [-0.2, 0) is 14.8 Å². The lowest BCUT2D eigenvalue weighted by atomic mass is 10.2. The van der Waals surface area contributed by atoms with Crippen LogP contribution in [0.5, 0.6) is 0 Å². The summed E-state index contributed by atoms with van der Waals surface area (Å²) in [5.74, 6) is -0.695. The first-order chi connectivity index (χ1) is 11.3. The summed E-state index contributed by atoms with van der Waals surface area (Å²) in [6.07, 6.45) is 0. The van der Waals surface area contributed by atoms with Gasteiger partial charge in [-0.2, -0.15) is 0 Å². The van der Waals surface area contributed by atoms with E-state index >= 15 is 0 Å². The molecular weight excluding hydrogens is 326 g/mol. The van der Waals surface area contributed by atoms with Crippen LogP contribution >= 0.6 is 0 Å². The van der Waals surface area contributed by atoms with Crippen LogP contribution in [0.25, 0.3) is 10.9 Å². The SMILES string of the molecule is COC(=O)c1cc2cc(C)ccc2n1S(=O)(=O)c1ccc(C)cc1. The fourth-order valence-corrected chi connectivity index (χ4v) is 4.13. The third kappa shape index (κ3) is 2.59. The molecule has 0 unspecified atom stereocenters. The first kappa shape index (κ1) is 16.3. The average Bonchev–Trinajstić information content (AvgIpc) is 2.93. The minimum atomic E-state index is -3.92. The quantitative estimate of drug-likeness (QED) is 0.685. The summed E-state index contributed by atoms with van der Waals surface area (Å²) in [5.41, 5.74) is 2.36. The summed E-state index contributed by atoms with van der Waals surface area (Å²) in [4.78, 5) is 12.2. The molecule has 124 valence electrons. The Morgan fingerprint density at radius 2 is 1.58 bits per heavy atom. The van der Waals surface area contributed by atoms with E-state index in [0.29, 0.717) is 10.9 Å². The molecule has 0 saturated heterocycles. The lowest BCUT2D eigenvalue weighted by Crippen LogP contribution is -2.19. The van der Waals surface area contributed by atoms with Crippen molar-refractivity contribution >= 4 is 26.9 Å². The fraction of sp³-hybridized carbons (Fsp3) is 0.167. The van der Waals surface area contributed by atoms with Gasteiger partial charge in [0.05, 0.1) is 17.5 Å². The normalized spacial score (nSPS) is 11.6. The van der Waals surface area contributed by atoms with E-state index < -0.39 is 16.0 Å². The number of benzene rings is 2. The predicted molar refractivity (Wildman–Crippen MR) is 91.8 cm³/mol. The molecule has 1 heterocycles. The van der Waals surface area contributed by atoms with Crippen LogP contribution in [-0.4, -0.2) is 25.5 Å². The summed E-state index contributed by atoms with van der Waals surface area (Å²) in [6, 6.07) is 13.4. The molecule has 2 aromatic carbocycles. The van der Waals surface area contributed by atoms with E-state index in [2.05, 4.69) is 0 Å². The summed E-state index contributed by atoms with van der Waals surface area (Å²) < 4.78 is 32.0. The van der Waals surface area contributed by atoms with Gasteiger partial charge in [-0.15, -0.1) is 0 Å². The van der Waals surface area contributed by atoms with Crippen LogP contribution in [0.3, 0.4) is 0 Å². The lowest BCUT2D eigenvalue weighted by Gasteiger charge is -2.11. The van der Waals surface area contributed by atoms with Gasteiger partial charge in [0.15, 0.2) is 0 Å². The van der Waals surface area contributed by atoms with Gasteiger partial charge in [-0.05, 0) is 44.2 Å². The highest BCUT2D eigenvalue weighted by Gasteiger charge is 2.26. The molecule has 1 aromatic heterocycles. The van der Waals surface area contributed by atoms with E-state index in [1.165, 1.54) is 19.2 Å². The Morgan fingerprint density at radius 1 is 0.958 bits per heavy atom. The van der Waals surface area contributed by atoms with Crippen LogP contribution in [0, 0.1) is 13.8 Å². The first-order valence-corrected chi connectivity index (χ1v) is 8.81. The molecule has 0 fully saturated rings. The molecule has 24 heavy (non-hydrogen) atoms. The Balaban J connectivity index is 2.34. The second-order valence-electron chi connectivity index (χ2n) is 5.67. The first-order valence-electron chi connectivity index (χ1n) is 7.37. The van der Waals surface area contributed by atoms with Crippen molar-refractivity contribution in [1.29, 1.82) is 0 Å². The van der Waals surface area contributed by atoms with Gasteiger partial charge in [-0.1, -0.05) is 29.3 Å². The van der Waals surface area contributed by atoms with Gasteiger partial charge in [0.2, 0.25) is 0 Å². The van der Waals surface area contributed by atoms with Crippen LogP contribution in [0.2, 0.25) is 0 Å². The Kier molecular flexibility index (Phi) is 3.93. The number of nitrogens with zero attached hydrogens (tertiary/aromatic N) is 1. The van der Waals surface area contributed by atoms with Crippen LogP contribution in [0.15, 0.2) is 53.4 Å². The molecule has 0 amide bonds. The molecular formula is C18H17NO4S. The maximum absolute atomic E-state index is 13.1. The zero-order chi connectivity index (χ0) is 17.5. The number of hydrogen-bond acceptors (Lipinski definition) is 4. The summed E-state index contributed by atoms with van der Waals surface area (Å²) in [6.45, 7) is 3.78. The number of hydrogen-bond donors (Lipinski definition) is 0. The Morgan fingerprint density at radius 3 is 2.21 bits per heavy atom. The summed E-state index contributed by atoms with van der Waals surface area (Å²) >= 11 is 0. The molecule has 0 radical (unpaired) electrons. The molecule has 0 atom stereocenters. The highest BCUT2D eigenvalue weighted by Crippen LogP contribution is 2.27. The third-order valence-corrected chi connectivity index (χ3v) is 5.61. The van der Waals surface area contributed by atoms with Gasteiger partial charge in [-0.3, -0.25) is 0 Å². The second kappa shape index (κ2) is 5.79. The van der Waals surface area contributed by atoms with Crippen molar-refractivity contribution in [2.24, 2.45) is 0 Å². The Labute approximate surface area is 140 Å². The number of aromatic nitrogens is 1. The van der Waals surface area contributed by atoms with Crippen molar-refractivity contribution < 1.29 is 17.9 Å². The van der Waals surface area contributed by atoms with Gasteiger partial charge >= 0.3 is 5.97 Å². The second-order valence-corrected chi connectivity index (χ2v) is 7.45. The molecule has 3 rings (SSSR count). The number of ether oxygens (including phenoxy) is 1. The van der Waals surface area contributed by atoms with Crippen LogP contribution in [0.1, 0.15) is 21.6 Å². The number of fused-ring (bicyclic) bond motifs is 1. The Hall–Kier alpha value is -2.60. The van der Waals surface area contributed by atoms with E-state index in [1.54, 1.807) is 24.3 Å². The monoisotopic (exact) mass is 343 g/mol. The van der Waals surface area contributed by atoms with Crippen molar-refractivity contribution in [2.45, 2.75) is 18.7 Å². The van der Waals surface area contributed by atoms with Gasteiger partial charge < -0.3 is 4.74 Å². The predicted octanol–water partition coefficient (Wildman–Crippen LogP) is 3.28. The standard InChI is InChI=1S/C18H17NO4S/c1-12-4-7-15(8-5-12)24(21,22)19-16-9-6-13(2)10-14(16)11-17(19)18(20)23-3/h4-11H,1-3H3. The molecule has 0 aliphatic heterocycles. The maximum Gasteiger partial charge on any atom is 0.355 e.